The maximum absolute atomic E-state index is 11.4. The lowest BCUT2D eigenvalue weighted by Gasteiger charge is -2.05. The van der Waals surface area contributed by atoms with Gasteiger partial charge in [-0.15, -0.1) is 0 Å². The van der Waals surface area contributed by atoms with Crippen LogP contribution in [0, 0.1) is 0 Å². The van der Waals surface area contributed by atoms with E-state index in [-0.39, 0.29) is 11.5 Å². The number of rotatable bonds is 8. The molecule has 1 amide bonds. The number of hydrogen-bond acceptors (Lipinski definition) is 3. The molecule has 0 aliphatic carbocycles. The van der Waals surface area contributed by atoms with Crippen LogP contribution in [0.2, 0.25) is 0 Å². The molecular formula is C14H20N2O3. The number of benzene rings is 1. The van der Waals surface area contributed by atoms with E-state index < -0.39 is 5.97 Å². The summed E-state index contributed by atoms with van der Waals surface area (Å²) in [6, 6.07) is 6.70. The van der Waals surface area contributed by atoms with Gasteiger partial charge in [0.25, 0.3) is 0 Å². The number of carbonyl (C=O) groups is 2. The second-order valence-electron chi connectivity index (χ2n) is 4.31. The summed E-state index contributed by atoms with van der Waals surface area (Å²) in [6.07, 6.45) is 2.06. The van der Waals surface area contributed by atoms with Crippen LogP contribution >= 0.6 is 0 Å². The van der Waals surface area contributed by atoms with Gasteiger partial charge in [-0.3, -0.25) is 4.79 Å². The zero-order valence-electron chi connectivity index (χ0n) is 11.1. The van der Waals surface area contributed by atoms with Gasteiger partial charge in [-0.1, -0.05) is 12.1 Å². The van der Waals surface area contributed by atoms with Gasteiger partial charge in [-0.25, -0.2) is 4.79 Å². The molecule has 0 atom stereocenters. The number of nitrogens with one attached hydrogen (secondary N) is 2. The highest BCUT2D eigenvalue weighted by Gasteiger charge is 2.03. The van der Waals surface area contributed by atoms with Crippen molar-refractivity contribution in [1.29, 1.82) is 0 Å². The molecule has 1 aromatic rings. The molecule has 0 bridgehead atoms. The lowest BCUT2D eigenvalue weighted by atomic mass is 10.1. The normalized spacial score (nSPS) is 10.2. The zero-order chi connectivity index (χ0) is 14.1. The smallest absolute Gasteiger partial charge is 0.335 e. The predicted octanol–water partition coefficient (Wildman–Crippen LogP) is 1.04. The van der Waals surface area contributed by atoms with E-state index in [1.165, 1.54) is 0 Å². The van der Waals surface area contributed by atoms with Gasteiger partial charge in [0.05, 0.1) is 5.56 Å². The van der Waals surface area contributed by atoms with Crippen molar-refractivity contribution < 1.29 is 14.7 Å². The van der Waals surface area contributed by atoms with Gasteiger partial charge < -0.3 is 15.7 Å². The molecule has 0 heterocycles. The van der Waals surface area contributed by atoms with E-state index in [1.807, 2.05) is 7.05 Å². The summed E-state index contributed by atoms with van der Waals surface area (Å²) in [5.74, 6) is -0.873. The molecule has 0 aromatic heterocycles. The van der Waals surface area contributed by atoms with Crippen LogP contribution in [0.25, 0.3) is 0 Å². The SMILES string of the molecule is CNCCCC(=O)NCCc1ccc(C(=O)O)cc1. The van der Waals surface area contributed by atoms with E-state index in [4.69, 9.17) is 5.11 Å². The first-order chi connectivity index (χ1) is 9.13. The Morgan fingerprint density at radius 2 is 1.84 bits per heavy atom. The minimum Gasteiger partial charge on any atom is -0.478 e. The topological polar surface area (TPSA) is 78.4 Å². The number of carboxylic acids is 1. The Hall–Kier alpha value is -1.88. The molecule has 5 nitrogen and oxygen atoms in total. The van der Waals surface area contributed by atoms with Gasteiger partial charge in [0.15, 0.2) is 0 Å². The third-order valence-electron chi connectivity index (χ3n) is 2.77. The molecule has 0 fully saturated rings. The van der Waals surface area contributed by atoms with Crippen molar-refractivity contribution in [1.82, 2.24) is 10.6 Å². The molecule has 0 saturated heterocycles. The number of aromatic carboxylic acids is 1. The summed E-state index contributed by atoms with van der Waals surface area (Å²) in [5.41, 5.74) is 1.29. The quantitative estimate of drug-likeness (QED) is 0.613. The summed E-state index contributed by atoms with van der Waals surface area (Å²) in [6.45, 7) is 1.41. The van der Waals surface area contributed by atoms with Crippen molar-refractivity contribution >= 4 is 11.9 Å². The second kappa shape index (κ2) is 8.26. The third-order valence-corrected chi connectivity index (χ3v) is 2.77. The van der Waals surface area contributed by atoms with E-state index in [9.17, 15) is 9.59 Å². The lowest BCUT2D eigenvalue weighted by Crippen LogP contribution is -2.26. The van der Waals surface area contributed by atoms with Crippen LogP contribution in [-0.2, 0) is 11.2 Å². The number of amides is 1. The van der Waals surface area contributed by atoms with Gasteiger partial charge in [0, 0.05) is 13.0 Å². The molecule has 0 unspecified atom stereocenters. The molecule has 19 heavy (non-hydrogen) atoms. The van der Waals surface area contributed by atoms with Gasteiger partial charge >= 0.3 is 5.97 Å². The molecule has 0 aliphatic heterocycles. The Kier molecular flexibility index (Phi) is 6.60. The second-order valence-corrected chi connectivity index (χ2v) is 4.31. The van der Waals surface area contributed by atoms with Gasteiger partial charge in [0.2, 0.25) is 5.91 Å². The third kappa shape index (κ3) is 6.01. The Balaban J connectivity index is 2.25. The van der Waals surface area contributed by atoms with E-state index >= 15 is 0 Å². The monoisotopic (exact) mass is 264 g/mol. The van der Waals surface area contributed by atoms with E-state index in [0.717, 1.165) is 18.5 Å². The summed E-state index contributed by atoms with van der Waals surface area (Å²) in [7, 11) is 1.86. The van der Waals surface area contributed by atoms with Crippen LogP contribution in [0.1, 0.15) is 28.8 Å². The van der Waals surface area contributed by atoms with Crippen LogP contribution in [0.15, 0.2) is 24.3 Å². The number of hydrogen-bond donors (Lipinski definition) is 3. The van der Waals surface area contributed by atoms with Gasteiger partial charge in [-0.2, -0.15) is 0 Å². The van der Waals surface area contributed by atoms with Crippen molar-refractivity contribution in [2.75, 3.05) is 20.1 Å². The van der Waals surface area contributed by atoms with Gasteiger partial charge in [0.1, 0.15) is 0 Å². The molecular weight excluding hydrogens is 244 g/mol. The van der Waals surface area contributed by atoms with Crippen LogP contribution in [0.3, 0.4) is 0 Å². The first kappa shape index (κ1) is 15.2. The molecule has 5 heteroatoms. The summed E-state index contributed by atoms with van der Waals surface area (Å²) >= 11 is 0. The van der Waals surface area contributed by atoms with E-state index in [0.29, 0.717) is 19.4 Å². The Labute approximate surface area is 113 Å². The molecule has 0 radical (unpaired) electrons. The average Bonchev–Trinajstić information content (AvgIpc) is 2.39. The van der Waals surface area contributed by atoms with E-state index in [2.05, 4.69) is 10.6 Å². The fourth-order valence-electron chi connectivity index (χ4n) is 1.67. The minimum absolute atomic E-state index is 0.0532. The predicted molar refractivity (Wildman–Crippen MR) is 73.3 cm³/mol. The van der Waals surface area contributed by atoms with Crippen LogP contribution in [0.4, 0.5) is 0 Å². The average molecular weight is 264 g/mol. The molecule has 0 spiro atoms. The number of carbonyl (C=O) groups excluding carboxylic acids is 1. The zero-order valence-corrected chi connectivity index (χ0v) is 11.1. The Morgan fingerprint density at radius 3 is 2.42 bits per heavy atom. The molecule has 0 saturated carbocycles. The fourth-order valence-corrected chi connectivity index (χ4v) is 1.67. The van der Waals surface area contributed by atoms with Crippen molar-refractivity contribution in [2.45, 2.75) is 19.3 Å². The van der Waals surface area contributed by atoms with Crippen LogP contribution < -0.4 is 10.6 Å². The van der Waals surface area contributed by atoms with Crippen LogP contribution in [0.5, 0.6) is 0 Å². The summed E-state index contributed by atoms with van der Waals surface area (Å²) in [4.78, 5) is 22.1. The Morgan fingerprint density at radius 1 is 1.16 bits per heavy atom. The lowest BCUT2D eigenvalue weighted by molar-refractivity contribution is -0.121. The number of carboxylic acid groups (broad SMARTS) is 1. The van der Waals surface area contributed by atoms with Crippen molar-refractivity contribution in [2.24, 2.45) is 0 Å². The van der Waals surface area contributed by atoms with Crippen LogP contribution in [-0.4, -0.2) is 37.1 Å². The van der Waals surface area contributed by atoms with Crippen molar-refractivity contribution in [3.8, 4) is 0 Å². The highest BCUT2D eigenvalue weighted by atomic mass is 16.4. The molecule has 1 rings (SSSR count). The van der Waals surface area contributed by atoms with E-state index in [1.54, 1.807) is 24.3 Å². The largest absolute Gasteiger partial charge is 0.478 e. The highest BCUT2D eigenvalue weighted by molar-refractivity contribution is 5.87. The molecule has 0 aliphatic rings. The molecule has 104 valence electrons. The highest BCUT2D eigenvalue weighted by Crippen LogP contribution is 2.04. The first-order valence-corrected chi connectivity index (χ1v) is 6.37. The summed E-state index contributed by atoms with van der Waals surface area (Å²) in [5, 5.41) is 14.6. The standard InChI is InChI=1S/C14H20N2O3/c1-15-9-2-3-13(17)16-10-8-11-4-6-12(7-5-11)14(18)19/h4-7,15H,2-3,8-10H2,1H3,(H,16,17)(H,18,19). The Bertz CT molecular complexity index is 415. The molecule has 1 aromatic carbocycles. The maximum atomic E-state index is 11.4. The molecule has 3 N–H and O–H groups in total. The fraction of sp³-hybridized carbons (Fsp3) is 0.429. The minimum atomic E-state index is -0.926. The first-order valence-electron chi connectivity index (χ1n) is 6.37. The summed E-state index contributed by atoms with van der Waals surface area (Å²) < 4.78 is 0. The van der Waals surface area contributed by atoms with Crippen molar-refractivity contribution in [3.63, 3.8) is 0 Å². The van der Waals surface area contributed by atoms with Crippen molar-refractivity contribution in [3.05, 3.63) is 35.4 Å². The maximum Gasteiger partial charge on any atom is 0.335 e. The van der Waals surface area contributed by atoms with Gasteiger partial charge in [-0.05, 0) is 44.1 Å².